The number of rotatable bonds is 6. The number of carbonyl (C=O) groups excluding carboxylic acids is 3. The number of nitrogens with zero attached hydrogens (tertiary/aromatic N) is 2. The van der Waals surface area contributed by atoms with E-state index in [1.54, 1.807) is 11.0 Å². The lowest BCUT2D eigenvalue weighted by Gasteiger charge is -2.28. The van der Waals surface area contributed by atoms with Gasteiger partial charge in [0.1, 0.15) is 18.9 Å². The third kappa shape index (κ3) is 5.13. The summed E-state index contributed by atoms with van der Waals surface area (Å²) >= 11 is 0.846. The quantitative estimate of drug-likeness (QED) is 0.303. The molecule has 0 saturated carbocycles. The molecule has 0 atom stereocenters. The first kappa shape index (κ1) is 25.2. The second-order valence-corrected chi connectivity index (χ2v) is 10.4. The van der Waals surface area contributed by atoms with Crippen LogP contribution in [0.25, 0.3) is 27.6 Å². The molecule has 2 aliphatic rings. The van der Waals surface area contributed by atoms with Crippen molar-refractivity contribution in [3.05, 3.63) is 94.9 Å². The topological polar surface area (TPSA) is 76.2 Å². The van der Waals surface area contributed by atoms with Crippen LogP contribution in [0.15, 0.2) is 83.8 Å². The van der Waals surface area contributed by atoms with Crippen LogP contribution in [0.3, 0.4) is 0 Å². The number of hydrogen-bond acceptors (Lipinski definition) is 6. The Hall–Kier alpha value is -4.14. The van der Waals surface area contributed by atoms with E-state index in [1.807, 2.05) is 60.7 Å². The van der Waals surface area contributed by atoms with Crippen molar-refractivity contribution < 1.29 is 23.9 Å². The van der Waals surface area contributed by atoms with Gasteiger partial charge in [-0.15, -0.1) is 0 Å². The van der Waals surface area contributed by atoms with Crippen molar-refractivity contribution in [3.63, 3.8) is 0 Å². The molecule has 2 heterocycles. The lowest BCUT2D eigenvalue weighted by atomic mass is 10.0. The SMILES string of the molecule is O=C(CN1C(=O)S/C(=C\c2c(OCc3cccc4ccccc34)ccc3ccccc23)C1=O)N1CCOCC1. The summed E-state index contributed by atoms with van der Waals surface area (Å²) in [6.45, 7) is 1.89. The summed E-state index contributed by atoms with van der Waals surface area (Å²) in [6, 6.07) is 26.0. The molecular weight excluding hydrogens is 512 g/mol. The first-order chi connectivity index (χ1) is 19.1. The first-order valence-electron chi connectivity index (χ1n) is 12.8. The van der Waals surface area contributed by atoms with Gasteiger partial charge in [-0.2, -0.15) is 0 Å². The highest BCUT2D eigenvalue weighted by atomic mass is 32.2. The molecule has 39 heavy (non-hydrogen) atoms. The largest absolute Gasteiger partial charge is 0.488 e. The third-order valence-corrected chi connectivity index (χ3v) is 7.91. The van der Waals surface area contributed by atoms with Crippen molar-refractivity contribution in [2.75, 3.05) is 32.8 Å². The molecule has 0 aliphatic carbocycles. The molecule has 2 saturated heterocycles. The summed E-state index contributed by atoms with van der Waals surface area (Å²) < 4.78 is 11.6. The predicted molar refractivity (Wildman–Crippen MR) is 152 cm³/mol. The predicted octanol–water partition coefficient (Wildman–Crippen LogP) is 5.47. The van der Waals surface area contributed by atoms with Crippen LogP contribution in [0.1, 0.15) is 11.1 Å². The van der Waals surface area contributed by atoms with Gasteiger partial charge in [-0.1, -0.05) is 72.8 Å². The Morgan fingerprint density at radius 2 is 1.56 bits per heavy atom. The Kier molecular flexibility index (Phi) is 7.04. The minimum Gasteiger partial charge on any atom is -0.488 e. The molecule has 2 aliphatic heterocycles. The zero-order valence-electron chi connectivity index (χ0n) is 21.2. The average molecular weight is 539 g/mol. The van der Waals surface area contributed by atoms with Gasteiger partial charge in [0.05, 0.1) is 18.1 Å². The molecular formula is C31H26N2O5S. The molecule has 7 nitrogen and oxygen atoms in total. The van der Waals surface area contributed by atoms with Crippen LogP contribution in [0.2, 0.25) is 0 Å². The van der Waals surface area contributed by atoms with E-state index < -0.39 is 11.1 Å². The summed E-state index contributed by atoms with van der Waals surface area (Å²) in [5.74, 6) is -0.122. The average Bonchev–Trinajstić information content (AvgIpc) is 3.24. The Bertz CT molecular complexity index is 1620. The molecule has 8 heteroatoms. The van der Waals surface area contributed by atoms with Gasteiger partial charge in [0.25, 0.3) is 11.1 Å². The summed E-state index contributed by atoms with van der Waals surface area (Å²) in [4.78, 5) is 41.7. The molecule has 0 radical (unpaired) electrons. The monoisotopic (exact) mass is 538 g/mol. The van der Waals surface area contributed by atoms with Crippen LogP contribution in [-0.2, 0) is 20.9 Å². The van der Waals surface area contributed by atoms with Crippen molar-refractivity contribution in [1.29, 1.82) is 0 Å². The molecule has 196 valence electrons. The van der Waals surface area contributed by atoms with Crippen molar-refractivity contribution in [3.8, 4) is 5.75 Å². The summed E-state index contributed by atoms with van der Waals surface area (Å²) in [5, 5.41) is 3.70. The fraction of sp³-hybridized carbons (Fsp3) is 0.194. The maximum Gasteiger partial charge on any atom is 0.294 e. The van der Waals surface area contributed by atoms with Crippen LogP contribution in [0.4, 0.5) is 4.79 Å². The Labute approximate surface area is 230 Å². The summed E-state index contributed by atoms with van der Waals surface area (Å²) in [7, 11) is 0. The maximum absolute atomic E-state index is 13.3. The van der Waals surface area contributed by atoms with Gasteiger partial charge in [0.2, 0.25) is 5.91 Å². The van der Waals surface area contributed by atoms with Gasteiger partial charge in [0.15, 0.2) is 0 Å². The van der Waals surface area contributed by atoms with Gasteiger partial charge in [0, 0.05) is 18.7 Å². The van der Waals surface area contributed by atoms with Crippen LogP contribution in [-0.4, -0.2) is 59.7 Å². The van der Waals surface area contributed by atoms with Crippen molar-refractivity contribution in [1.82, 2.24) is 9.80 Å². The Morgan fingerprint density at radius 3 is 2.36 bits per heavy atom. The van der Waals surface area contributed by atoms with E-state index in [2.05, 4.69) is 18.2 Å². The first-order valence-corrected chi connectivity index (χ1v) is 13.6. The van der Waals surface area contributed by atoms with Gasteiger partial charge in [-0.05, 0) is 51.0 Å². The zero-order chi connectivity index (χ0) is 26.8. The van der Waals surface area contributed by atoms with Crippen LogP contribution in [0, 0.1) is 0 Å². The van der Waals surface area contributed by atoms with Gasteiger partial charge in [-0.25, -0.2) is 0 Å². The van der Waals surface area contributed by atoms with Gasteiger partial charge >= 0.3 is 0 Å². The number of hydrogen-bond donors (Lipinski definition) is 0. The number of thioether (sulfide) groups is 1. The normalized spacial score (nSPS) is 17.0. The molecule has 0 spiro atoms. The highest BCUT2D eigenvalue weighted by Crippen LogP contribution is 2.37. The Morgan fingerprint density at radius 1 is 0.872 bits per heavy atom. The molecule has 0 bridgehead atoms. The highest BCUT2D eigenvalue weighted by molar-refractivity contribution is 8.18. The molecule has 0 N–H and O–H groups in total. The second-order valence-electron chi connectivity index (χ2n) is 9.39. The lowest BCUT2D eigenvalue weighted by molar-refractivity contribution is -0.139. The minimum absolute atomic E-state index is 0.258. The second kappa shape index (κ2) is 10.9. The number of carbonyl (C=O) groups is 3. The molecule has 3 amide bonds. The number of amides is 3. The van der Waals surface area contributed by atoms with Crippen LogP contribution < -0.4 is 4.74 Å². The third-order valence-electron chi connectivity index (χ3n) is 7.00. The zero-order valence-corrected chi connectivity index (χ0v) is 22.0. The summed E-state index contributed by atoms with van der Waals surface area (Å²) in [5.41, 5.74) is 1.77. The molecule has 0 aromatic heterocycles. The number of fused-ring (bicyclic) bond motifs is 2. The van der Waals surface area contributed by atoms with E-state index >= 15 is 0 Å². The molecule has 6 rings (SSSR count). The number of morpholine rings is 1. The fourth-order valence-electron chi connectivity index (χ4n) is 4.94. The van der Waals surface area contributed by atoms with E-state index in [9.17, 15) is 14.4 Å². The van der Waals surface area contributed by atoms with E-state index in [1.165, 1.54) is 0 Å². The van der Waals surface area contributed by atoms with Gasteiger partial charge < -0.3 is 14.4 Å². The maximum atomic E-state index is 13.3. The number of imide groups is 1. The van der Waals surface area contributed by atoms with E-state index in [4.69, 9.17) is 9.47 Å². The highest BCUT2D eigenvalue weighted by Gasteiger charge is 2.37. The molecule has 4 aromatic carbocycles. The standard InChI is InChI=1S/C31H26N2O5S/c34-29(32-14-16-37-17-15-32)19-33-30(35)28(39-31(33)36)18-26-25-11-4-2-7-22(25)12-13-27(26)38-20-23-9-5-8-21-6-1-3-10-24(21)23/h1-13,18H,14-17,19-20H2/b28-18-. The fourth-order valence-corrected chi connectivity index (χ4v) is 5.76. The lowest BCUT2D eigenvalue weighted by Crippen LogP contribution is -2.46. The van der Waals surface area contributed by atoms with E-state index in [0.29, 0.717) is 38.7 Å². The smallest absolute Gasteiger partial charge is 0.294 e. The van der Waals surface area contributed by atoms with Gasteiger partial charge in [-0.3, -0.25) is 19.3 Å². The molecule has 4 aromatic rings. The van der Waals surface area contributed by atoms with E-state index in [-0.39, 0.29) is 17.4 Å². The van der Waals surface area contributed by atoms with Crippen molar-refractivity contribution in [2.45, 2.75) is 6.61 Å². The van der Waals surface area contributed by atoms with Crippen LogP contribution in [0.5, 0.6) is 5.75 Å². The van der Waals surface area contributed by atoms with Crippen LogP contribution >= 0.6 is 11.8 Å². The minimum atomic E-state index is -0.473. The summed E-state index contributed by atoms with van der Waals surface area (Å²) in [6.07, 6.45) is 1.71. The molecule has 2 fully saturated rings. The van der Waals surface area contributed by atoms with Crippen molar-refractivity contribution >= 4 is 56.4 Å². The van der Waals surface area contributed by atoms with Crippen molar-refractivity contribution in [2.24, 2.45) is 0 Å². The number of benzene rings is 4. The van der Waals surface area contributed by atoms with E-state index in [0.717, 1.165) is 49.3 Å². The number of ether oxygens (including phenoxy) is 2. The molecule has 0 unspecified atom stereocenters. The Balaban J connectivity index is 1.30.